The average molecular weight is 290 g/mol. The molecule has 1 aromatic heterocycles. The predicted molar refractivity (Wildman–Crippen MR) is 71.8 cm³/mol. The highest BCUT2D eigenvalue weighted by Crippen LogP contribution is 2.34. The van der Waals surface area contributed by atoms with Crippen molar-refractivity contribution in [2.24, 2.45) is 0 Å². The SMILES string of the molecule is O=C(O)c1ccc(C(O)c2ccc3c(c2)OCCCO3)o1. The minimum atomic E-state index is -1.17. The summed E-state index contributed by atoms with van der Waals surface area (Å²) < 4.78 is 16.2. The Morgan fingerprint density at radius 2 is 1.86 bits per heavy atom. The largest absolute Gasteiger partial charge is 0.490 e. The lowest BCUT2D eigenvalue weighted by atomic mass is 10.1. The molecular weight excluding hydrogens is 276 g/mol. The quantitative estimate of drug-likeness (QED) is 0.901. The van der Waals surface area contributed by atoms with E-state index in [1.165, 1.54) is 12.1 Å². The first-order valence-electron chi connectivity index (χ1n) is 6.56. The van der Waals surface area contributed by atoms with Crippen molar-refractivity contribution >= 4 is 5.97 Å². The zero-order valence-electron chi connectivity index (χ0n) is 11.1. The van der Waals surface area contributed by atoms with Crippen LogP contribution < -0.4 is 9.47 Å². The Bertz CT molecular complexity index is 660. The number of fused-ring (bicyclic) bond motifs is 1. The van der Waals surface area contributed by atoms with Crippen molar-refractivity contribution in [3.05, 3.63) is 47.4 Å². The topological polar surface area (TPSA) is 89.1 Å². The molecule has 21 heavy (non-hydrogen) atoms. The number of aliphatic hydroxyl groups excluding tert-OH is 1. The Labute approximate surface area is 120 Å². The lowest BCUT2D eigenvalue weighted by Gasteiger charge is -2.12. The van der Waals surface area contributed by atoms with Gasteiger partial charge in [0.15, 0.2) is 11.5 Å². The van der Waals surface area contributed by atoms with Crippen LogP contribution in [0.25, 0.3) is 0 Å². The highest BCUT2D eigenvalue weighted by molar-refractivity contribution is 5.84. The van der Waals surface area contributed by atoms with Crippen molar-refractivity contribution in [3.63, 3.8) is 0 Å². The summed E-state index contributed by atoms with van der Waals surface area (Å²) in [6, 6.07) is 7.84. The van der Waals surface area contributed by atoms with Crippen molar-refractivity contribution in [1.29, 1.82) is 0 Å². The fraction of sp³-hybridized carbons (Fsp3) is 0.267. The molecule has 6 heteroatoms. The van der Waals surface area contributed by atoms with Gasteiger partial charge in [-0.1, -0.05) is 6.07 Å². The van der Waals surface area contributed by atoms with E-state index < -0.39 is 12.1 Å². The first-order valence-corrected chi connectivity index (χ1v) is 6.56. The van der Waals surface area contributed by atoms with Crippen LogP contribution in [0, 0.1) is 0 Å². The van der Waals surface area contributed by atoms with Crippen LogP contribution >= 0.6 is 0 Å². The zero-order chi connectivity index (χ0) is 14.8. The second-order valence-corrected chi connectivity index (χ2v) is 4.67. The summed E-state index contributed by atoms with van der Waals surface area (Å²) in [5.74, 6) is -0.0180. The van der Waals surface area contributed by atoms with E-state index in [1.54, 1.807) is 18.2 Å². The standard InChI is InChI=1S/C15H14O6/c16-14(11-4-5-12(21-11)15(17)18)9-2-3-10-13(8-9)20-7-1-6-19-10/h2-5,8,14,16H,1,6-7H2,(H,17,18). The molecule has 0 spiro atoms. The van der Waals surface area contributed by atoms with Gasteiger partial charge in [0.25, 0.3) is 0 Å². The van der Waals surface area contributed by atoms with E-state index >= 15 is 0 Å². The Morgan fingerprint density at radius 3 is 2.57 bits per heavy atom. The van der Waals surface area contributed by atoms with Crippen molar-refractivity contribution in [1.82, 2.24) is 0 Å². The summed E-state index contributed by atoms with van der Waals surface area (Å²) in [5.41, 5.74) is 0.547. The average Bonchev–Trinajstić information content (AvgIpc) is 2.86. The Balaban J connectivity index is 1.88. The second-order valence-electron chi connectivity index (χ2n) is 4.67. The molecule has 0 bridgehead atoms. The van der Waals surface area contributed by atoms with Gasteiger partial charge in [0.1, 0.15) is 11.9 Å². The minimum Gasteiger partial charge on any atom is -0.490 e. The molecule has 0 saturated carbocycles. The van der Waals surface area contributed by atoms with Gasteiger partial charge in [-0.25, -0.2) is 4.79 Å². The third-order valence-corrected chi connectivity index (χ3v) is 3.19. The van der Waals surface area contributed by atoms with Gasteiger partial charge in [-0.3, -0.25) is 0 Å². The number of carbonyl (C=O) groups is 1. The van der Waals surface area contributed by atoms with Gasteiger partial charge in [-0.2, -0.15) is 0 Å². The summed E-state index contributed by atoms with van der Waals surface area (Å²) in [6.45, 7) is 1.14. The van der Waals surface area contributed by atoms with Gasteiger partial charge in [0.2, 0.25) is 5.76 Å². The number of hydrogen-bond donors (Lipinski definition) is 2. The van der Waals surface area contributed by atoms with Crippen molar-refractivity contribution in [2.45, 2.75) is 12.5 Å². The molecule has 1 aliphatic rings. The van der Waals surface area contributed by atoms with Gasteiger partial charge in [0, 0.05) is 6.42 Å². The van der Waals surface area contributed by atoms with E-state index in [1.807, 2.05) is 0 Å². The number of ether oxygens (including phenoxy) is 2. The number of hydrogen-bond acceptors (Lipinski definition) is 5. The van der Waals surface area contributed by atoms with E-state index in [-0.39, 0.29) is 11.5 Å². The second kappa shape index (κ2) is 5.49. The van der Waals surface area contributed by atoms with Gasteiger partial charge in [-0.05, 0) is 29.8 Å². The van der Waals surface area contributed by atoms with E-state index in [0.29, 0.717) is 30.3 Å². The fourth-order valence-corrected chi connectivity index (χ4v) is 2.13. The highest BCUT2D eigenvalue weighted by Gasteiger charge is 2.20. The number of carboxylic acid groups (broad SMARTS) is 1. The van der Waals surface area contributed by atoms with Crippen molar-refractivity contribution in [2.75, 3.05) is 13.2 Å². The van der Waals surface area contributed by atoms with Crippen molar-refractivity contribution in [3.8, 4) is 11.5 Å². The van der Waals surface area contributed by atoms with Gasteiger partial charge in [0.05, 0.1) is 13.2 Å². The van der Waals surface area contributed by atoms with Crippen LogP contribution in [0.3, 0.4) is 0 Å². The van der Waals surface area contributed by atoms with Crippen LogP contribution in [0.5, 0.6) is 11.5 Å². The van der Waals surface area contributed by atoms with Crippen molar-refractivity contribution < 1.29 is 28.9 Å². The molecule has 0 fully saturated rings. The zero-order valence-corrected chi connectivity index (χ0v) is 11.1. The molecule has 1 atom stereocenters. The van der Waals surface area contributed by atoms with Crippen LogP contribution in [-0.4, -0.2) is 29.4 Å². The molecule has 0 radical (unpaired) electrons. The van der Waals surface area contributed by atoms with Gasteiger partial charge >= 0.3 is 5.97 Å². The Hall–Kier alpha value is -2.47. The highest BCUT2D eigenvalue weighted by atomic mass is 16.5. The first-order chi connectivity index (χ1) is 10.1. The molecule has 2 N–H and O–H groups in total. The molecule has 6 nitrogen and oxygen atoms in total. The third kappa shape index (κ3) is 2.71. The Kier molecular flexibility index (Phi) is 3.53. The number of carboxylic acids is 1. The number of benzene rings is 1. The lowest BCUT2D eigenvalue weighted by Crippen LogP contribution is -2.00. The molecule has 2 aromatic rings. The van der Waals surface area contributed by atoms with Crippen LogP contribution in [0.15, 0.2) is 34.7 Å². The Morgan fingerprint density at radius 1 is 1.10 bits per heavy atom. The molecule has 0 saturated heterocycles. The van der Waals surface area contributed by atoms with E-state index in [9.17, 15) is 9.90 Å². The van der Waals surface area contributed by atoms with Gasteiger partial charge < -0.3 is 24.1 Å². The minimum absolute atomic E-state index is 0.168. The summed E-state index contributed by atoms with van der Waals surface area (Å²) in [4.78, 5) is 10.8. The van der Waals surface area contributed by atoms with Crippen LogP contribution in [0.4, 0.5) is 0 Å². The van der Waals surface area contributed by atoms with Crippen LogP contribution in [-0.2, 0) is 0 Å². The molecule has 1 unspecified atom stereocenters. The molecule has 0 amide bonds. The monoisotopic (exact) mass is 290 g/mol. The maximum Gasteiger partial charge on any atom is 0.371 e. The summed E-state index contributed by atoms with van der Waals surface area (Å²) in [5, 5.41) is 19.1. The number of aliphatic hydroxyl groups is 1. The summed E-state index contributed by atoms with van der Waals surface area (Å²) in [6.07, 6.45) is -0.262. The molecule has 1 aliphatic heterocycles. The van der Waals surface area contributed by atoms with Crippen LogP contribution in [0.2, 0.25) is 0 Å². The predicted octanol–water partition coefficient (Wildman–Crippen LogP) is 2.22. The molecular formula is C15H14O6. The smallest absolute Gasteiger partial charge is 0.371 e. The third-order valence-electron chi connectivity index (χ3n) is 3.19. The lowest BCUT2D eigenvalue weighted by molar-refractivity contribution is 0.0655. The number of furan rings is 1. The maximum atomic E-state index is 10.8. The maximum absolute atomic E-state index is 10.8. The first kappa shape index (κ1) is 13.5. The normalized spacial score (nSPS) is 15.3. The molecule has 0 aliphatic carbocycles. The molecule has 2 heterocycles. The fourth-order valence-electron chi connectivity index (χ4n) is 2.13. The molecule has 3 rings (SSSR count). The number of rotatable bonds is 3. The molecule has 110 valence electrons. The van der Waals surface area contributed by atoms with E-state index in [0.717, 1.165) is 6.42 Å². The summed E-state index contributed by atoms with van der Waals surface area (Å²) in [7, 11) is 0. The van der Waals surface area contributed by atoms with Gasteiger partial charge in [-0.15, -0.1) is 0 Å². The van der Waals surface area contributed by atoms with E-state index in [4.69, 9.17) is 19.0 Å². The van der Waals surface area contributed by atoms with E-state index in [2.05, 4.69) is 0 Å². The summed E-state index contributed by atoms with van der Waals surface area (Å²) >= 11 is 0. The number of aromatic carboxylic acids is 1. The van der Waals surface area contributed by atoms with Crippen LogP contribution in [0.1, 0.15) is 34.4 Å². The molecule has 1 aromatic carbocycles.